The van der Waals surface area contributed by atoms with Gasteiger partial charge in [-0.05, 0) is 55.0 Å². The molecule has 6 rings (SSSR count). The lowest BCUT2D eigenvalue weighted by Gasteiger charge is -2.26. The van der Waals surface area contributed by atoms with Gasteiger partial charge in [-0.15, -0.1) is 0 Å². The molecule has 1 aliphatic rings. The van der Waals surface area contributed by atoms with Crippen molar-refractivity contribution in [2.45, 2.75) is 13.0 Å². The van der Waals surface area contributed by atoms with Crippen LogP contribution in [-0.4, -0.2) is 37.3 Å². The molecule has 46 heavy (non-hydrogen) atoms. The molecule has 5 aromatic rings. The zero-order valence-corrected chi connectivity index (χ0v) is 26.6. The van der Waals surface area contributed by atoms with Gasteiger partial charge in [-0.1, -0.05) is 65.4 Å². The fraction of sp³-hybridized carbons (Fsp3) is 0.143. The lowest BCUT2D eigenvalue weighted by atomic mass is 9.93. The van der Waals surface area contributed by atoms with Gasteiger partial charge >= 0.3 is 11.9 Å². The molecule has 3 aromatic carbocycles. The van der Waals surface area contributed by atoms with E-state index in [-0.39, 0.29) is 28.3 Å². The van der Waals surface area contributed by atoms with E-state index >= 15 is 0 Å². The van der Waals surface area contributed by atoms with Gasteiger partial charge in [-0.3, -0.25) is 9.36 Å². The normalized spacial score (nSPS) is 14.4. The van der Waals surface area contributed by atoms with Crippen molar-refractivity contribution < 1.29 is 28.2 Å². The van der Waals surface area contributed by atoms with Crippen molar-refractivity contribution in [2.75, 3.05) is 20.8 Å². The van der Waals surface area contributed by atoms with Crippen molar-refractivity contribution in [2.24, 2.45) is 4.99 Å². The maximum absolute atomic E-state index is 14.1. The SMILES string of the molecule is CCOC(=O)C1=C(c2ccccc2)N=c2s/c(=C\c3ccc(-c4ccc(Cl)c(C(=O)OC)c4)o3)c(=O)n2[C@@H]1c1ccc(OC)cc1. The van der Waals surface area contributed by atoms with Gasteiger partial charge in [0.15, 0.2) is 4.80 Å². The number of hydrogen-bond donors (Lipinski definition) is 0. The molecule has 0 aliphatic carbocycles. The Morgan fingerprint density at radius 2 is 1.74 bits per heavy atom. The van der Waals surface area contributed by atoms with Crippen molar-refractivity contribution >= 4 is 46.6 Å². The van der Waals surface area contributed by atoms with E-state index in [0.717, 1.165) is 0 Å². The summed E-state index contributed by atoms with van der Waals surface area (Å²) >= 11 is 7.37. The average molecular weight is 655 g/mol. The van der Waals surface area contributed by atoms with Gasteiger partial charge in [0, 0.05) is 17.2 Å². The van der Waals surface area contributed by atoms with Gasteiger partial charge in [-0.25, -0.2) is 14.6 Å². The van der Waals surface area contributed by atoms with Crippen LogP contribution >= 0.6 is 22.9 Å². The molecule has 9 nitrogen and oxygen atoms in total. The first-order valence-corrected chi connectivity index (χ1v) is 15.4. The molecule has 0 saturated carbocycles. The number of methoxy groups -OCH3 is 2. The molecule has 0 bridgehead atoms. The molecule has 3 heterocycles. The highest BCUT2D eigenvalue weighted by Gasteiger charge is 2.35. The van der Waals surface area contributed by atoms with E-state index in [1.54, 1.807) is 62.6 Å². The smallest absolute Gasteiger partial charge is 0.339 e. The number of aromatic nitrogens is 1. The lowest BCUT2D eigenvalue weighted by Crippen LogP contribution is -2.40. The van der Waals surface area contributed by atoms with Gasteiger partial charge < -0.3 is 18.6 Å². The Kier molecular flexibility index (Phi) is 8.74. The molecular weight excluding hydrogens is 628 g/mol. The first-order valence-electron chi connectivity index (χ1n) is 14.2. The number of hydrogen-bond acceptors (Lipinski definition) is 9. The van der Waals surface area contributed by atoms with Crippen molar-refractivity contribution in [3.63, 3.8) is 0 Å². The van der Waals surface area contributed by atoms with Crippen LogP contribution in [0, 0.1) is 0 Å². The van der Waals surface area contributed by atoms with Crippen molar-refractivity contribution in [3.8, 4) is 17.1 Å². The van der Waals surface area contributed by atoms with E-state index in [1.807, 2.05) is 42.5 Å². The van der Waals surface area contributed by atoms with Crippen LogP contribution in [0.2, 0.25) is 5.02 Å². The molecule has 11 heteroatoms. The standard InChI is InChI=1S/C35H27ClN2O7S/c1-4-44-34(41)29-30(20-8-6-5-7-9-20)37-35-38(31(29)21-10-13-23(42-2)14-11-21)32(39)28(46-35)19-24-15-17-27(45-24)22-12-16-26(36)25(18-22)33(40)43-3/h5-19,31H,4H2,1-3H3/b28-19-/t31-/m1/s1. The Morgan fingerprint density at radius 1 is 0.978 bits per heavy atom. The summed E-state index contributed by atoms with van der Waals surface area (Å²) in [6.07, 6.45) is 1.63. The van der Waals surface area contributed by atoms with Crippen LogP contribution in [0.3, 0.4) is 0 Å². The Hall–Kier alpha value is -5.19. The fourth-order valence-electron chi connectivity index (χ4n) is 5.20. The minimum Gasteiger partial charge on any atom is -0.497 e. The molecule has 0 fully saturated rings. The maximum atomic E-state index is 14.1. The van der Waals surface area contributed by atoms with Crippen LogP contribution in [0.5, 0.6) is 5.75 Å². The quantitative estimate of drug-likeness (QED) is 0.199. The number of thiazole rings is 1. The molecule has 1 aliphatic heterocycles. The summed E-state index contributed by atoms with van der Waals surface area (Å²) in [7, 11) is 2.85. The van der Waals surface area contributed by atoms with Gasteiger partial charge in [0.25, 0.3) is 5.56 Å². The van der Waals surface area contributed by atoms with E-state index in [0.29, 0.717) is 49.0 Å². The molecule has 1 atom stereocenters. The topological polar surface area (TPSA) is 109 Å². The zero-order valence-electron chi connectivity index (χ0n) is 25.0. The Balaban J connectivity index is 1.52. The van der Waals surface area contributed by atoms with E-state index in [9.17, 15) is 14.4 Å². The number of halogens is 1. The average Bonchev–Trinajstić information content (AvgIpc) is 3.68. The summed E-state index contributed by atoms with van der Waals surface area (Å²) in [5.41, 5.74) is 2.54. The predicted octanol–water partition coefficient (Wildman–Crippen LogP) is 5.64. The molecule has 0 unspecified atom stereocenters. The summed E-state index contributed by atoms with van der Waals surface area (Å²) < 4.78 is 23.6. The Labute approximate surface area is 272 Å². The molecule has 232 valence electrons. The number of furan rings is 1. The minimum atomic E-state index is -0.823. The molecular formula is C35H27ClN2O7S. The van der Waals surface area contributed by atoms with Crippen LogP contribution in [0.15, 0.2) is 105 Å². The van der Waals surface area contributed by atoms with Crippen LogP contribution in [-0.2, 0) is 14.3 Å². The van der Waals surface area contributed by atoms with Gasteiger partial charge in [0.1, 0.15) is 17.3 Å². The summed E-state index contributed by atoms with van der Waals surface area (Å²) in [5.74, 6) is 0.374. The highest BCUT2D eigenvalue weighted by molar-refractivity contribution is 7.07. The van der Waals surface area contributed by atoms with Crippen LogP contribution in [0.1, 0.15) is 40.2 Å². The van der Waals surface area contributed by atoms with Crippen LogP contribution in [0.4, 0.5) is 0 Å². The molecule has 0 amide bonds. The summed E-state index contributed by atoms with van der Waals surface area (Å²) in [6, 6.07) is 24.1. The summed E-state index contributed by atoms with van der Waals surface area (Å²) in [5, 5.41) is 0.256. The number of benzene rings is 3. The molecule has 2 aromatic heterocycles. The highest BCUT2D eigenvalue weighted by atomic mass is 35.5. The monoisotopic (exact) mass is 654 g/mol. The van der Waals surface area contributed by atoms with E-state index in [2.05, 4.69) is 0 Å². The van der Waals surface area contributed by atoms with E-state index in [1.165, 1.54) is 23.0 Å². The van der Waals surface area contributed by atoms with E-state index in [4.69, 9.17) is 35.2 Å². The Morgan fingerprint density at radius 3 is 2.43 bits per heavy atom. The van der Waals surface area contributed by atoms with Gasteiger partial charge in [-0.2, -0.15) is 0 Å². The van der Waals surface area contributed by atoms with Gasteiger partial charge in [0.2, 0.25) is 0 Å². The third-order valence-corrected chi connectivity index (χ3v) is 8.67. The number of esters is 2. The summed E-state index contributed by atoms with van der Waals surface area (Å²) in [4.78, 5) is 45.2. The second-order valence-corrected chi connectivity index (χ2v) is 11.5. The number of fused-ring (bicyclic) bond motifs is 1. The highest BCUT2D eigenvalue weighted by Crippen LogP contribution is 2.36. The largest absolute Gasteiger partial charge is 0.497 e. The summed E-state index contributed by atoms with van der Waals surface area (Å²) in [6.45, 7) is 1.88. The zero-order chi connectivity index (χ0) is 32.4. The molecule has 0 N–H and O–H groups in total. The number of carbonyl (C=O) groups is 2. The Bertz CT molecular complexity index is 2160. The van der Waals surface area contributed by atoms with Crippen molar-refractivity contribution in [1.82, 2.24) is 4.57 Å². The third-order valence-electron chi connectivity index (χ3n) is 7.36. The fourth-order valence-corrected chi connectivity index (χ4v) is 6.38. The van der Waals surface area contributed by atoms with Gasteiger partial charge in [0.05, 0.1) is 53.3 Å². The number of nitrogens with zero attached hydrogens (tertiary/aromatic N) is 2. The molecule has 0 spiro atoms. The second-order valence-electron chi connectivity index (χ2n) is 10.1. The number of rotatable bonds is 8. The first kappa shape index (κ1) is 30.8. The molecule has 0 saturated heterocycles. The van der Waals surface area contributed by atoms with E-state index < -0.39 is 18.0 Å². The minimum absolute atomic E-state index is 0.153. The maximum Gasteiger partial charge on any atom is 0.339 e. The van der Waals surface area contributed by atoms with Crippen molar-refractivity contribution in [3.05, 3.63) is 138 Å². The first-order chi connectivity index (χ1) is 22.3. The third kappa shape index (κ3) is 5.80. The molecule has 0 radical (unpaired) electrons. The van der Waals surface area contributed by atoms with Crippen molar-refractivity contribution in [1.29, 1.82) is 0 Å². The predicted molar refractivity (Wildman–Crippen MR) is 175 cm³/mol. The van der Waals surface area contributed by atoms with Crippen LogP contribution in [0.25, 0.3) is 23.1 Å². The lowest BCUT2D eigenvalue weighted by molar-refractivity contribution is -0.138. The number of carbonyl (C=O) groups excluding carboxylic acids is 2. The van der Waals surface area contributed by atoms with Crippen LogP contribution < -0.4 is 19.6 Å². The number of ether oxygens (including phenoxy) is 3. The second kappa shape index (κ2) is 13.0.